The monoisotopic (exact) mass is 429 g/mol. The van der Waals surface area contributed by atoms with Crippen LogP contribution in [-0.2, 0) is 4.79 Å². The van der Waals surface area contributed by atoms with Gasteiger partial charge in [-0.05, 0) is 64.3 Å². The number of hydrogen-bond donors (Lipinski definition) is 0. The van der Waals surface area contributed by atoms with E-state index in [1.165, 1.54) is 23.5 Å². The van der Waals surface area contributed by atoms with Crippen molar-refractivity contribution in [1.29, 1.82) is 0 Å². The number of halogens is 1. The summed E-state index contributed by atoms with van der Waals surface area (Å²) in [5.41, 5.74) is 0.668. The highest BCUT2D eigenvalue weighted by atomic mass is 32.1. The van der Waals surface area contributed by atoms with Crippen molar-refractivity contribution in [2.45, 2.75) is 25.6 Å². The third-order valence-electron chi connectivity index (χ3n) is 4.91. The van der Waals surface area contributed by atoms with Gasteiger partial charge in [-0.25, -0.2) is 9.37 Å². The highest BCUT2D eigenvalue weighted by molar-refractivity contribution is 7.22. The molecule has 0 N–H and O–H groups in total. The molecule has 0 spiro atoms. The number of anilines is 1. The third-order valence-corrected chi connectivity index (χ3v) is 5.95. The van der Waals surface area contributed by atoms with Crippen molar-refractivity contribution >= 4 is 32.6 Å². The van der Waals surface area contributed by atoms with Gasteiger partial charge in [0.05, 0.1) is 10.2 Å². The standard InChI is InChI=1S/C22H24FN3O3S/c1-14-20(29-18-8-5-4-7-17(18)28-14)21(27)26(12-6-11-25(2)3)22-24-16-10-9-15(23)13-19(16)30-22/h4-5,7-10,13-14,20H,6,11-12H2,1-3H3. The summed E-state index contributed by atoms with van der Waals surface area (Å²) in [4.78, 5) is 21.8. The van der Waals surface area contributed by atoms with E-state index in [0.29, 0.717) is 33.4 Å². The predicted molar refractivity (Wildman–Crippen MR) is 116 cm³/mol. The number of benzene rings is 2. The highest BCUT2D eigenvalue weighted by Gasteiger charge is 2.38. The van der Waals surface area contributed by atoms with Crippen molar-refractivity contribution in [3.05, 3.63) is 48.3 Å². The minimum Gasteiger partial charge on any atom is -0.482 e. The molecule has 2 heterocycles. The van der Waals surface area contributed by atoms with Crippen LogP contribution in [-0.4, -0.2) is 55.2 Å². The number of ether oxygens (including phenoxy) is 2. The van der Waals surface area contributed by atoms with E-state index in [4.69, 9.17) is 9.47 Å². The van der Waals surface area contributed by atoms with Crippen LogP contribution >= 0.6 is 11.3 Å². The molecule has 6 nitrogen and oxygen atoms in total. The van der Waals surface area contributed by atoms with E-state index in [1.807, 2.05) is 39.2 Å². The molecule has 1 amide bonds. The van der Waals surface area contributed by atoms with Gasteiger partial charge in [0, 0.05) is 6.54 Å². The summed E-state index contributed by atoms with van der Waals surface area (Å²) in [5.74, 6) is 0.643. The van der Waals surface area contributed by atoms with E-state index >= 15 is 0 Å². The maximum absolute atomic E-state index is 13.6. The van der Waals surface area contributed by atoms with Gasteiger partial charge >= 0.3 is 0 Å². The molecule has 0 aliphatic carbocycles. The summed E-state index contributed by atoms with van der Waals surface area (Å²) in [6.07, 6.45) is -0.472. The minimum atomic E-state index is -0.789. The summed E-state index contributed by atoms with van der Waals surface area (Å²) in [6.45, 7) is 3.13. The second-order valence-electron chi connectivity index (χ2n) is 7.56. The molecular weight excluding hydrogens is 405 g/mol. The number of amides is 1. The molecule has 1 aromatic heterocycles. The number of thiazole rings is 1. The number of hydrogen-bond acceptors (Lipinski definition) is 6. The third kappa shape index (κ3) is 4.24. The minimum absolute atomic E-state index is 0.213. The quantitative estimate of drug-likeness (QED) is 0.594. The van der Waals surface area contributed by atoms with Gasteiger partial charge in [0.2, 0.25) is 6.10 Å². The lowest BCUT2D eigenvalue weighted by molar-refractivity contribution is -0.130. The number of aromatic nitrogens is 1. The van der Waals surface area contributed by atoms with E-state index in [0.717, 1.165) is 13.0 Å². The van der Waals surface area contributed by atoms with Gasteiger partial charge in [-0.3, -0.25) is 9.69 Å². The average molecular weight is 430 g/mol. The van der Waals surface area contributed by atoms with Crippen molar-refractivity contribution in [1.82, 2.24) is 9.88 Å². The lowest BCUT2D eigenvalue weighted by Gasteiger charge is -2.33. The summed E-state index contributed by atoms with van der Waals surface area (Å²) >= 11 is 1.30. The van der Waals surface area contributed by atoms with Crippen molar-refractivity contribution in [3.8, 4) is 11.5 Å². The van der Waals surface area contributed by atoms with Crippen LogP contribution in [0.2, 0.25) is 0 Å². The summed E-state index contributed by atoms with van der Waals surface area (Å²) in [6, 6.07) is 11.8. The molecule has 0 radical (unpaired) electrons. The van der Waals surface area contributed by atoms with Gasteiger partial charge in [0.15, 0.2) is 16.6 Å². The summed E-state index contributed by atoms with van der Waals surface area (Å²) in [5, 5.41) is 0.536. The second kappa shape index (κ2) is 8.57. The molecule has 2 unspecified atom stereocenters. The number of carbonyl (C=O) groups is 1. The molecule has 2 aromatic carbocycles. The second-order valence-corrected chi connectivity index (χ2v) is 8.57. The van der Waals surface area contributed by atoms with Gasteiger partial charge in [-0.1, -0.05) is 23.5 Å². The normalized spacial score (nSPS) is 18.0. The van der Waals surface area contributed by atoms with E-state index in [2.05, 4.69) is 9.88 Å². The Morgan fingerprint density at radius 3 is 2.60 bits per heavy atom. The van der Waals surface area contributed by atoms with Crippen LogP contribution < -0.4 is 14.4 Å². The number of rotatable bonds is 6. The Balaban J connectivity index is 1.63. The molecule has 0 saturated carbocycles. The van der Waals surface area contributed by atoms with E-state index in [9.17, 15) is 9.18 Å². The molecule has 30 heavy (non-hydrogen) atoms. The molecule has 0 bridgehead atoms. The number of carbonyl (C=O) groups excluding carboxylic acids is 1. The van der Waals surface area contributed by atoms with Crippen molar-refractivity contribution in [2.24, 2.45) is 0 Å². The van der Waals surface area contributed by atoms with Crippen LogP contribution in [0.25, 0.3) is 10.2 Å². The first-order chi connectivity index (χ1) is 14.4. The number of fused-ring (bicyclic) bond motifs is 2. The van der Waals surface area contributed by atoms with Gasteiger partial charge in [0.25, 0.3) is 5.91 Å². The number of nitrogens with zero attached hydrogens (tertiary/aromatic N) is 3. The van der Waals surface area contributed by atoms with Crippen LogP contribution in [0.4, 0.5) is 9.52 Å². The van der Waals surface area contributed by atoms with Gasteiger partial charge in [-0.15, -0.1) is 0 Å². The topological polar surface area (TPSA) is 54.9 Å². The SMILES string of the molecule is CC1Oc2ccccc2OC1C(=O)N(CCCN(C)C)c1nc2ccc(F)cc2s1. The first kappa shape index (κ1) is 20.6. The summed E-state index contributed by atoms with van der Waals surface area (Å²) < 4.78 is 26.3. The maximum Gasteiger partial charge on any atom is 0.273 e. The Labute approximate surface area is 178 Å². The lowest BCUT2D eigenvalue weighted by Crippen LogP contribution is -2.51. The van der Waals surface area contributed by atoms with E-state index in [1.54, 1.807) is 17.0 Å². The Morgan fingerprint density at radius 1 is 1.13 bits per heavy atom. The molecule has 3 aromatic rings. The molecule has 8 heteroatoms. The highest BCUT2D eigenvalue weighted by Crippen LogP contribution is 2.35. The van der Waals surface area contributed by atoms with Crippen LogP contribution in [0.1, 0.15) is 13.3 Å². The zero-order valence-corrected chi connectivity index (χ0v) is 18.0. The van der Waals surface area contributed by atoms with Crippen LogP contribution in [0.3, 0.4) is 0 Å². The van der Waals surface area contributed by atoms with Crippen molar-refractivity contribution < 1.29 is 18.7 Å². The van der Waals surface area contributed by atoms with E-state index in [-0.39, 0.29) is 11.7 Å². The molecule has 0 fully saturated rings. The molecule has 158 valence electrons. The molecule has 0 saturated heterocycles. The zero-order chi connectivity index (χ0) is 21.3. The Kier molecular flexibility index (Phi) is 5.87. The van der Waals surface area contributed by atoms with E-state index < -0.39 is 12.2 Å². The fourth-order valence-corrected chi connectivity index (χ4v) is 4.41. The van der Waals surface area contributed by atoms with Crippen LogP contribution in [0, 0.1) is 5.82 Å². The summed E-state index contributed by atoms with van der Waals surface area (Å²) in [7, 11) is 3.98. The maximum atomic E-state index is 13.6. The van der Waals surface area contributed by atoms with Gasteiger partial charge < -0.3 is 14.4 Å². The zero-order valence-electron chi connectivity index (χ0n) is 17.2. The predicted octanol–water partition coefficient (Wildman–Crippen LogP) is 3.95. The fraction of sp³-hybridized carbons (Fsp3) is 0.364. The molecular formula is C22H24FN3O3S. The number of para-hydroxylation sites is 2. The molecule has 1 aliphatic rings. The first-order valence-electron chi connectivity index (χ1n) is 9.87. The molecule has 1 aliphatic heterocycles. The lowest BCUT2D eigenvalue weighted by atomic mass is 10.1. The van der Waals surface area contributed by atoms with Crippen LogP contribution in [0.15, 0.2) is 42.5 Å². The average Bonchev–Trinajstić information content (AvgIpc) is 3.12. The van der Waals surface area contributed by atoms with Crippen LogP contribution in [0.5, 0.6) is 11.5 Å². The largest absolute Gasteiger partial charge is 0.482 e. The Morgan fingerprint density at radius 2 is 1.87 bits per heavy atom. The van der Waals surface area contributed by atoms with Crippen molar-refractivity contribution in [3.63, 3.8) is 0 Å². The fourth-order valence-electron chi connectivity index (χ4n) is 3.39. The first-order valence-corrected chi connectivity index (χ1v) is 10.7. The Hall–Kier alpha value is -2.71. The molecule has 2 atom stereocenters. The van der Waals surface area contributed by atoms with Crippen molar-refractivity contribution in [2.75, 3.05) is 32.1 Å². The Bertz CT molecular complexity index is 1060. The molecule has 4 rings (SSSR count). The van der Waals surface area contributed by atoms with Gasteiger partial charge in [-0.2, -0.15) is 0 Å². The van der Waals surface area contributed by atoms with Gasteiger partial charge in [0.1, 0.15) is 11.9 Å². The smallest absolute Gasteiger partial charge is 0.273 e.